The summed E-state index contributed by atoms with van der Waals surface area (Å²) in [6.45, 7) is 5.92. The Bertz CT molecular complexity index is 244. The Kier molecular flexibility index (Phi) is 5.84. The van der Waals surface area contributed by atoms with Gasteiger partial charge in [0, 0.05) is 19.5 Å². The van der Waals surface area contributed by atoms with Crippen LogP contribution < -0.4 is 0 Å². The number of allylic oxidation sites excluding steroid dienone is 1. The van der Waals surface area contributed by atoms with Crippen LogP contribution in [0.4, 0.5) is 0 Å². The van der Waals surface area contributed by atoms with Gasteiger partial charge in [0.1, 0.15) is 0 Å². The zero-order valence-electron chi connectivity index (χ0n) is 9.46. The molecule has 14 heavy (non-hydrogen) atoms. The van der Waals surface area contributed by atoms with Gasteiger partial charge in [0.15, 0.2) is 5.78 Å². The van der Waals surface area contributed by atoms with Gasteiger partial charge in [-0.15, -0.1) is 0 Å². The van der Waals surface area contributed by atoms with Gasteiger partial charge < -0.3 is 4.90 Å². The largest absolute Gasteiger partial charge is 0.335 e. The number of carbonyl (C=O) groups excluding carboxylic acids is 2. The summed E-state index contributed by atoms with van der Waals surface area (Å²) < 4.78 is 0. The van der Waals surface area contributed by atoms with E-state index in [1.165, 1.54) is 4.90 Å². The van der Waals surface area contributed by atoms with Gasteiger partial charge in [0.05, 0.1) is 6.54 Å². The molecule has 0 rings (SSSR count). The lowest BCUT2D eigenvalue weighted by Crippen LogP contribution is -2.30. The standard InChI is InChI=1S/C11H19NO2/c1-5-9(3)7-11(14)12(4)8-10(13)6-2/h7H,5-6,8H2,1-4H3/b9-7+. The third-order valence-electron chi connectivity index (χ3n) is 2.11. The molecule has 80 valence electrons. The lowest BCUT2D eigenvalue weighted by molar-refractivity contribution is -0.130. The normalized spacial score (nSPS) is 11.3. The van der Waals surface area contributed by atoms with E-state index in [1.807, 2.05) is 13.8 Å². The van der Waals surface area contributed by atoms with E-state index in [0.717, 1.165) is 12.0 Å². The summed E-state index contributed by atoms with van der Waals surface area (Å²) >= 11 is 0. The van der Waals surface area contributed by atoms with E-state index in [0.29, 0.717) is 6.42 Å². The van der Waals surface area contributed by atoms with E-state index >= 15 is 0 Å². The van der Waals surface area contributed by atoms with Crippen LogP contribution in [0.15, 0.2) is 11.6 Å². The van der Waals surface area contributed by atoms with E-state index in [-0.39, 0.29) is 18.2 Å². The predicted molar refractivity (Wildman–Crippen MR) is 57.0 cm³/mol. The molecule has 0 radical (unpaired) electrons. The number of hydrogen-bond donors (Lipinski definition) is 0. The maximum Gasteiger partial charge on any atom is 0.246 e. The van der Waals surface area contributed by atoms with Crippen LogP contribution in [0.5, 0.6) is 0 Å². The predicted octanol–water partition coefficient (Wildman–Crippen LogP) is 1.78. The molecule has 3 heteroatoms. The number of carbonyl (C=O) groups is 2. The summed E-state index contributed by atoms with van der Waals surface area (Å²) in [6.07, 6.45) is 2.93. The van der Waals surface area contributed by atoms with Crippen LogP contribution in [0.25, 0.3) is 0 Å². The summed E-state index contributed by atoms with van der Waals surface area (Å²) in [5, 5.41) is 0. The summed E-state index contributed by atoms with van der Waals surface area (Å²) in [7, 11) is 1.65. The Morgan fingerprint density at radius 3 is 2.21 bits per heavy atom. The fourth-order valence-electron chi connectivity index (χ4n) is 0.877. The third kappa shape index (κ3) is 4.80. The number of ketones is 1. The maximum absolute atomic E-state index is 11.5. The number of hydrogen-bond acceptors (Lipinski definition) is 2. The molecule has 0 aliphatic rings. The van der Waals surface area contributed by atoms with Crippen molar-refractivity contribution in [2.75, 3.05) is 13.6 Å². The Morgan fingerprint density at radius 2 is 1.79 bits per heavy atom. The first kappa shape index (κ1) is 12.9. The van der Waals surface area contributed by atoms with Crippen molar-refractivity contribution in [3.63, 3.8) is 0 Å². The maximum atomic E-state index is 11.5. The second-order valence-electron chi connectivity index (χ2n) is 3.43. The topological polar surface area (TPSA) is 37.4 Å². The van der Waals surface area contributed by atoms with E-state index in [1.54, 1.807) is 20.0 Å². The van der Waals surface area contributed by atoms with Gasteiger partial charge in [-0.1, -0.05) is 19.4 Å². The summed E-state index contributed by atoms with van der Waals surface area (Å²) in [4.78, 5) is 24.0. The molecule has 0 spiro atoms. The monoisotopic (exact) mass is 197 g/mol. The van der Waals surface area contributed by atoms with Crippen LogP contribution in [0.2, 0.25) is 0 Å². The minimum Gasteiger partial charge on any atom is -0.335 e. The van der Waals surface area contributed by atoms with E-state index in [2.05, 4.69) is 0 Å². The summed E-state index contributed by atoms with van der Waals surface area (Å²) in [5.41, 5.74) is 1.03. The molecule has 0 saturated carbocycles. The van der Waals surface area contributed by atoms with Crippen molar-refractivity contribution in [1.29, 1.82) is 0 Å². The molecule has 0 heterocycles. The highest BCUT2D eigenvalue weighted by Gasteiger charge is 2.08. The molecule has 0 N–H and O–H groups in total. The first-order valence-corrected chi connectivity index (χ1v) is 4.95. The van der Waals surface area contributed by atoms with Gasteiger partial charge in [-0.3, -0.25) is 9.59 Å². The molecular weight excluding hydrogens is 178 g/mol. The number of nitrogens with zero attached hydrogens (tertiary/aromatic N) is 1. The highest BCUT2D eigenvalue weighted by molar-refractivity contribution is 5.91. The molecule has 0 aromatic rings. The quantitative estimate of drug-likeness (QED) is 0.630. The number of rotatable bonds is 5. The van der Waals surface area contributed by atoms with Crippen LogP contribution in [-0.2, 0) is 9.59 Å². The zero-order valence-corrected chi connectivity index (χ0v) is 9.46. The van der Waals surface area contributed by atoms with Crippen LogP contribution in [0.1, 0.15) is 33.6 Å². The molecule has 0 atom stereocenters. The van der Waals surface area contributed by atoms with Gasteiger partial charge in [-0.05, 0) is 13.3 Å². The van der Waals surface area contributed by atoms with Gasteiger partial charge in [0.25, 0.3) is 0 Å². The summed E-state index contributed by atoms with van der Waals surface area (Å²) in [6, 6.07) is 0. The molecule has 0 fully saturated rings. The minimum absolute atomic E-state index is 0.0865. The second-order valence-corrected chi connectivity index (χ2v) is 3.43. The van der Waals surface area contributed by atoms with Crippen molar-refractivity contribution in [3.8, 4) is 0 Å². The first-order valence-electron chi connectivity index (χ1n) is 4.95. The second kappa shape index (κ2) is 6.35. The Morgan fingerprint density at radius 1 is 1.21 bits per heavy atom. The van der Waals surface area contributed by atoms with E-state index in [9.17, 15) is 9.59 Å². The van der Waals surface area contributed by atoms with Crippen molar-refractivity contribution in [2.45, 2.75) is 33.6 Å². The van der Waals surface area contributed by atoms with Gasteiger partial charge in [0.2, 0.25) is 5.91 Å². The van der Waals surface area contributed by atoms with Crippen LogP contribution in [-0.4, -0.2) is 30.2 Å². The SMILES string of the molecule is CCC(=O)CN(C)C(=O)/C=C(\C)CC. The first-order chi connectivity index (χ1) is 6.51. The molecular formula is C11H19NO2. The lowest BCUT2D eigenvalue weighted by atomic mass is 10.2. The van der Waals surface area contributed by atoms with Crippen molar-refractivity contribution in [2.24, 2.45) is 0 Å². The molecule has 0 aliphatic heterocycles. The zero-order chi connectivity index (χ0) is 11.1. The van der Waals surface area contributed by atoms with Crippen LogP contribution >= 0.6 is 0 Å². The molecule has 0 aromatic heterocycles. The van der Waals surface area contributed by atoms with E-state index in [4.69, 9.17) is 0 Å². The average molecular weight is 197 g/mol. The summed E-state index contributed by atoms with van der Waals surface area (Å²) in [5.74, 6) is -0.00504. The fourth-order valence-corrected chi connectivity index (χ4v) is 0.877. The fraction of sp³-hybridized carbons (Fsp3) is 0.636. The molecule has 0 saturated heterocycles. The molecule has 0 aliphatic carbocycles. The Labute approximate surface area is 85.8 Å². The number of likely N-dealkylation sites (N-methyl/N-ethyl adjacent to an activating group) is 1. The highest BCUT2D eigenvalue weighted by Crippen LogP contribution is 1.99. The van der Waals surface area contributed by atoms with Crippen molar-refractivity contribution < 1.29 is 9.59 Å². The molecule has 0 bridgehead atoms. The van der Waals surface area contributed by atoms with Crippen molar-refractivity contribution >= 4 is 11.7 Å². The van der Waals surface area contributed by atoms with Gasteiger partial charge >= 0.3 is 0 Å². The van der Waals surface area contributed by atoms with Crippen LogP contribution in [0.3, 0.4) is 0 Å². The highest BCUT2D eigenvalue weighted by atomic mass is 16.2. The smallest absolute Gasteiger partial charge is 0.246 e. The van der Waals surface area contributed by atoms with Gasteiger partial charge in [-0.25, -0.2) is 0 Å². The molecule has 0 unspecified atom stereocenters. The van der Waals surface area contributed by atoms with E-state index < -0.39 is 0 Å². The average Bonchev–Trinajstić information content (AvgIpc) is 2.17. The Balaban J connectivity index is 4.19. The molecule has 1 amide bonds. The molecule has 0 aromatic carbocycles. The van der Waals surface area contributed by atoms with Crippen molar-refractivity contribution in [1.82, 2.24) is 4.90 Å². The van der Waals surface area contributed by atoms with Crippen molar-refractivity contribution in [3.05, 3.63) is 11.6 Å². The van der Waals surface area contributed by atoms with Gasteiger partial charge in [-0.2, -0.15) is 0 Å². The Hall–Kier alpha value is -1.12. The molecule has 3 nitrogen and oxygen atoms in total. The number of Topliss-reactive ketones (excluding diaryl/α,β-unsaturated/α-hetero) is 1. The van der Waals surface area contributed by atoms with Crippen LogP contribution in [0, 0.1) is 0 Å². The lowest BCUT2D eigenvalue weighted by Gasteiger charge is -2.13. The third-order valence-corrected chi connectivity index (χ3v) is 2.11. The number of amides is 1. The minimum atomic E-state index is -0.0915.